The zero-order valence-corrected chi connectivity index (χ0v) is 7.70. The Labute approximate surface area is 84.6 Å². The number of halogens is 1. The van der Waals surface area contributed by atoms with Crippen molar-refractivity contribution in [3.05, 3.63) is 46.6 Å². The number of nitrogen functional groups attached to an aromatic ring is 1. The van der Waals surface area contributed by atoms with Gasteiger partial charge in [-0.1, -0.05) is 12.1 Å². The van der Waals surface area contributed by atoms with Gasteiger partial charge >= 0.3 is 0 Å². The van der Waals surface area contributed by atoms with E-state index in [2.05, 4.69) is 9.97 Å². The summed E-state index contributed by atoms with van der Waals surface area (Å²) < 4.78 is 12.9. The van der Waals surface area contributed by atoms with Crippen LogP contribution in [0.1, 0.15) is 0 Å². The molecule has 5 heteroatoms. The van der Waals surface area contributed by atoms with Gasteiger partial charge < -0.3 is 10.7 Å². The third kappa shape index (κ3) is 1.85. The average molecular weight is 205 g/mol. The Morgan fingerprint density at radius 1 is 1.40 bits per heavy atom. The molecule has 15 heavy (non-hydrogen) atoms. The molecular formula is C10H8FN3O. The first-order chi connectivity index (χ1) is 7.16. The minimum atomic E-state index is -0.475. The van der Waals surface area contributed by atoms with E-state index in [1.54, 1.807) is 12.1 Å². The fraction of sp³-hybridized carbons (Fsp3) is 0. The smallest absolute Gasteiger partial charge is 0.290 e. The molecule has 0 aliphatic rings. The number of hydrogen-bond acceptors (Lipinski definition) is 3. The third-order valence-electron chi connectivity index (χ3n) is 1.95. The van der Waals surface area contributed by atoms with Crippen LogP contribution in [0.3, 0.4) is 0 Å². The number of nitrogens with two attached hydrogens (primary N) is 1. The van der Waals surface area contributed by atoms with Crippen LogP contribution in [0.2, 0.25) is 0 Å². The third-order valence-corrected chi connectivity index (χ3v) is 1.95. The molecular weight excluding hydrogens is 197 g/mol. The van der Waals surface area contributed by atoms with Crippen molar-refractivity contribution in [2.75, 3.05) is 5.73 Å². The van der Waals surface area contributed by atoms with Gasteiger partial charge in [-0.05, 0) is 12.1 Å². The number of benzene rings is 1. The first-order valence-corrected chi connectivity index (χ1v) is 4.27. The van der Waals surface area contributed by atoms with Crippen molar-refractivity contribution in [3.8, 4) is 11.3 Å². The molecule has 76 valence electrons. The summed E-state index contributed by atoms with van der Waals surface area (Å²) in [5.74, 6) is -0.472. The van der Waals surface area contributed by atoms with E-state index in [0.717, 1.165) is 0 Å². The number of H-pyrrole nitrogens is 1. The maximum atomic E-state index is 12.9. The molecule has 1 aromatic carbocycles. The van der Waals surface area contributed by atoms with Gasteiger partial charge in [-0.3, -0.25) is 4.79 Å². The fourth-order valence-corrected chi connectivity index (χ4v) is 1.21. The predicted octanol–water partition coefficient (Wildman–Crippen LogP) is 1.16. The average Bonchev–Trinajstić information content (AvgIpc) is 2.22. The van der Waals surface area contributed by atoms with Crippen LogP contribution in [0.4, 0.5) is 10.2 Å². The molecule has 0 radical (unpaired) electrons. The molecule has 1 heterocycles. The summed E-state index contributed by atoms with van der Waals surface area (Å²) in [5.41, 5.74) is 5.79. The number of hydrogen-bond donors (Lipinski definition) is 2. The van der Waals surface area contributed by atoms with Crippen molar-refractivity contribution < 1.29 is 4.39 Å². The molecule has 0 atom stereocenters. The quantitative estimate of drug-likeness (QED) is 0.733. The van der Waals surface area contributed by atoms with Crippen LogP contribution in [0, 0.1) is 5.82 Å². The summed E-state index contributed by atoms with van der Waals surface area (Å²) in [7, 11) is 0. The second kappa shape index (κ2) is 3.53. The highest BCUT2D eigenvalue weighted by Crippen LogP contribution is 2.15. The van der Waals surface area contributed by atoms with Crippen molar-refractivity contribution in [3.63, 3.8) is 0 Å². The molecule has 3 N–H and O–H groups in total. The van der Waals surface area contributed by atoms with Crippen molar-refractivity contribution in [2.45, 2.75) is 0 Å². The van der Waals surface area contributed by atoms with Crippen LogP contribution < -0.4 is 11.3 Å². The fourth-order valence-electron chi connectivity index (χ4n) is 1.21. The Morgan fingerprint density at radius 3 is 2.87 bits per heavy atom. The lowest BCUT2D eigenvalue weighted by Crippen LogP contribution is -2.14. The van der Waals surface area contributed by atoms with Crippen molar-refractivity contribution >= 4 is 5.82 Å². The van der Waals surface area contributed by atoms with Gasteiger partial charge in [0.2, 0.25) is 0 Å². The molecule has 0 unspecified atom stereocenters. The summed E-state index contributed by atoms with van der Waals surface area (Å²) in [5, 5.41) is 0. The van der Waals surface area contributed by atoms with Gasteiger partial charge in [-0.15, -0.1) is 0 Å². The Morgan fingerprint density at radius 2 is 2.20 bits per heavy atom. The topological polar surface area (TPSA) is 71.8 Å². The number of rotatable bonds is 1. The molecule has 1 aromatic heterocycles. The Balaban J connectivity index is 2.55. The van der Waals surface area contributed by atoms with E-state index in [-0.39, 0.29) is 11.6 Å². The van der Waals surface area contributed by atoms with E-state index >= 15 is 0 Å². The van der Waals surface area contributed by atoms with E-state index in [4.69, 9.17) is 5.73 Å². The number of nitrogens with zero attached hydrogens (tertiary/aromatic N) is 1. The Hall–Kier alpha value is -2.17. The summed E-state index contributed by atoms with van der Waals surface area (Å²) in [6.07, 6.45) is 1.39. The Kier molecular flexibility index (Phi) is 2.21. The maximum absolute atomic E-state index is 12.9. The highest BCUT2D eigenvalue weighted by Gasteiger charge is 2.02. The van der Waals surface area contributed by atoms with Crippen LogP contribution >= 0.6 is 0 Å². The number of aromatic nitrogens is 2. The molecule has 2 aromatic rings. The van der Waals surface area contributed by atoms with Gasteiger partial charge in [0.05, 0.1) is 11.9 Å². The van der Waals surface area contributed by atoms with Gasteiger partial charge in [0.15, 0.2) is 5.82 Å². The lowest BCUT2D eigenvalue weighted by atomic mass is 10.1. The minimum Gasteiger partial charge on any atom is -0.379 e. The van der Waals surface area contributed by atoms with Crippen LogP contribution in [0.5, 0.6) is 0 Å². The highest BCUT2D eigenvalue weighted by atomic mass is 19.1. The van der Waals surface area contributed by atoms with Gasteiger partial charge in [0.25, 0.3) is 5.56 Å². The van der Waals surface area contributed by atoms with E-state index in [0.29, 0.717) is 11.3 Å². The molecule has 0 saturated carbocycles. The summed E-state index contributed by atoms with van der Waals surface area (Å²) in [4.78, 5) is 17.4. The number of aromatic amines is 1. The first-order valence-electron chi connectivity index (χ1n) is 4.27. The lowest BCUT2D eigenvalue weighted by molar-refractivity contribution is 0.628. The number of nitrogens with one attached hydrogen (secondary N) is 1. The molecule has 0 saturated heterocycles. The van der Waals surface area contributed by atoms with Gasteiger partial charge in [0, 0.05) is 5.56 Å². The molecule has 0 amide bonds. The normalized spacial score (nSPS) is 10.2. The van der Waals surface area contributed by atoms with Gasteiger partial charge in [0.1, 0.15) is 5.82 Å². The van der Waals surface area contributed by atoms with Crippen molar-refractivity contribution in [1.82, 2.24) is 9.97 Å². The maximum Gasteiger partial charge on any atom is 0.290 e. The summed E-state index contributed by atoms with van der Waals surface area (Å²) in [6, 6.07) is 5.86. The second-order valence-electron chi connectivity index (χ2n) is 3.02. The molecule has 0 aliphatic carbocycles. The van der Waals surface area contributed by atoms with E-state index in [1.165, 1.54) is 18.3 Å². The zero-order chi connectivity index (χ0) is 10.8. The number of anilines is 1. The van der Waals surface area contributed by atoms with Crippen LogP contribution in [0.15, 0.2) is 35.3 Å². The van der Waals surface area contributed by atoms with E-state index in [9.17, 15) is 9.18 Å². The minimum absolute atomic E-state index is 0.102. The van der Waals surface area contributed by atoms with E-state index in [1.807, 2.05) is 0 Å². The zero-order valence-electron chi connectivity index (χ0n) is 7.70. The Bertz CT molecular complexity index is 550. The SMILES string of the molecule is Nc1ncc(-c2cccc(F)c2)[nH]c1=O. The molecule has 2 rings (SSSR count). The summed E-state index contributed by atoms with van der Waals surface area (Å²) in [6.45, 7) is 0. The molecule has 0 fully saturated rings. The molecule has 4 nitrogen and oxygen atoms in total. The molecule has 0 aliphatic heterocycles. The highest BCUT2D eigenvalue weighted by molar-refractivity contribution is 5.58. The molecule has 0 bridgehead atoms. The van der Waals surface area contributed by atoms with Crippen LogP contribution in [0.25, 0.3) is 11.3 Å². The monoisotopic (exact) mass is 205 g/mol. The van der Waals surface area contributed by atoms with E-state index < -0.39 is 5.56 Å². The van der Waals surface area contributed by atoms with Crippen molar-refractivity contribution in [1.29, 1.82) is 0 Å². The predicted molar refractivity (Wildman–Crippen MR) is 54.7 cm³/mol. The van der Waals surface area contributed by atoms with Crippen LogP contribution in [-0.4, -0.2) is 9.97 Å². The standard InChI is InChI=1S/C10H8FN3O/c11-7-3-1-2-6(4-7)8-5-13-9(12)10(15)14-8/h1-5H,(H2,12,13)(H,14,15). The summed E-state index contributed by atoms with van der Waals surface area (Å²) >= 11 is 0. The molecule has 0 spiro atoms. The lowest BCUT2D eigenvalue weighted by Gasteiger charge is -2.01. The largest absolute Gasteiger partial charge is 0.379 e. The van der Waals surface area contributed by atoms with Crippen LogP contribution in [-0.2, 0) is 0 Å². The van der Waals surface area contributed by atoms with Gasteiger partial charge in [-0.25, -0.2) is 9.37 Å². The van der Waals surface area contributed by atoms with Gasteiger partial charge in [-0.2, -0.15) is 0 Å². The second-order valence-corrected chi connectivity index (χ2v) is 3.02. The first kappa shape index (κ1) is 9.39. The van der Waals surface area contributed by atoms with Crippen molar-refractivity contribution in [2.24, 2.45) is 0 Å².